The molecule has 1 aliphatic rings. The lowest BCUT2D eigenvalue weighted by atomic mass is 9.88. The Morgan fingerprint density at radius 3 is 2.95 bits per heavy atom. The number of carbonyl (C=O) groups is 1. The van der Waals surface area contributed by atoms with Crippen molar-refractivity contribution in [2.75, 3.05) is 6.61 Å². The molecule has 4 heteroatoms. The Balaban J connectivity index is 2.13. The molecule has 1 unspecified atom stereocenters. The van der Waals surface area contributed by atoms with Crippen LogP contribution in [0.4, 0.5) is 0 Å². The lowest BCUT2D eigenvalue weighted by Crippen LogP contribution is -2.29. The minimum absolute atomic E-state index is 0.0736. The molecule has 0 spiro atoms. The average molecular weight is 291 g/mol. The van der Waals surface area contributed by atoms with E-state index in [9.17, 15) is 4.79 Å². The van der Waals surface area contributed by atoms with Gasteiger partial charge in [-0.2, -0.15) is 0 Å². The summed E-state index contributed by atoms with van der Waals surface area (Å²) in [5.41, 5.74) is 8.61. The maximum absolute atomic E-state index is 11.9. The Bertz CT molecular complexity index is 487. The van der Waals surface area contributed by atoms with E-state index in [2.05, 4.69) is 6.07 Å². The van der Waals surface area contributed by atoms with Gasteiger partial charge in [-0.05, 0) is 55.9 Å². The van der Waals surface area contributed by atoms with Gasteiger partial charge in [0.1, 0.15) is 5.75 Å². The molecule has 2 rings (SSSR count). The number of ether oxygens (including phenoxy) is 2. The van der Waals surface area contributed by atoms with E-state index in [1.807, 2.05) is 19.1 Å². The first kappa shape index (κ1) is 15.8. The van der Waals surface area contributed by atoms with Gasteiger partial charge < -0.3 is 15.2 Å². The summed E-state index contributed by atoms with van der Waals surface area (Å²) in [6.45, 7) is 4.20. The third-order valence-corrected chi connectivity index (χ3v) is 3.86. The Kier molecular flexibility index (Phi) is 5.62. The van der Waals surface area contributed by atoms with Crippen LogP contribution in [-0.2, 0) is 16.0 Å². The first-order chi connectivity index (χ1) is 10.2. The number of hydrogen-bond acceptors (Lipinski definition) is 4. The van der Waals surface area contributed by atoms with Gasteiger partial charge in [0.2, 0.25) is 0 Å². The van der Waals surface area contributed by atoms with Crippen molar-refractivity contribution >= 4 is 5.97 Å². The Hall–Kier alpha value is -1.55. The second-order valence-electron chi connectivity index (χ2n) is 5.51. The second-order valence-corrected chi connectivity index (χ2v) is 5.51. The lowest BCUT2D eigenvalue weighted by molar-refractivity contribution is -0.151. The van der Waals surface area contributed by atoms with Gasteiger partial charge >= 0.3 is 5.97 Å². The molecule has 0 bridgehead atoms. The van der Waals surface area contributed by atoms with E-state index in [4.69, 9.17) is 15.2 Å². The van der Waals surface area contributed by atoms with E-state index in [1.165, 1.54) is 5.56 Å². The fourth-order valence-corrected chi connectivity index (χ4v) is 2.77. The summed E-state index contributed by atoms with van der Waals surface area (Å²) in [6, 6.07) is 6.06. The number of aryl methyl sites for hydroxylation is 1. The van der Waals surface area contributed by atoms with Crippen molar-refractivity contribution < 1.29 is 14.3 Å². The predicted molar refractivity (Wildman–Crippen MR) is 82.3 cm³/mol. The molecule has 116 valence electrons. The standard InChI is InChI=1S/C17H25NO3/c1-3-6-16(17(19)20-4-2)21-13-10-9-12-7-5-8-15(18)14(12)11-13/h9-11,15-16H,3-8,18H2,1-2H3/t15-,16?/m0/s1. The van der Waals surface area contributed by atoms with Gasteiger partial charge in [0.25, 0.3) is 0 Å². The molecule has 2 N–H and O–H groups in total. The molecule has 1 aliphatic carbocycles. The van der Waals surface area contributed by atoms with Crippen LogP contribution in [0.3, 0.4) is 0 Å². The highest BCUT2D eigenvalue weighted by atomic mass is 16.6. The van der Waals surface area contributed by atoms with Crippen molar-refractivity contribution in [2.24, 2.45) is 5.73 Å². The summed E-state index contributed by atoms with van der Waals surface area (Å²) in [5.74, 6) is 0.416. The van der Waals surface area contributed by atoms with Gasteiger partial charge in [-0.3, -0.25) is 0 Å². The molecular formula is C17H25NO3. The summed E-state index contributed by atoms with van der Waals surface area (Å²) >= 11 is 0. The van der Waals surface area contributed by atoms with Gasteiger partial charge in [-0.1, -0.05) is 19.4 Å². The van der Waals surface area contributed by atoms with Gasteiger partial charge in [0.15, 0.2) is 6.10 Å². The number of fused-ring (bicyclic) bond motifs is 1. The summed E-state index contributed by atoms with van der Waals surface area (Å²) in [4.78, 5) is 11.9. The number of nitrogens with two attached hydrogens (primary N) is 1. The molecule has 0 saturated heterocycles. The number of carbonyl (C=O) groups excluding carboxylic acids is 1. The number of hydrogen-bond donors (Lipinski definition) is 1. The van der Waals surface area contributed by atoms with E-state index in [0.717, 1.165) is 31.2 Å². The van der Waals surface area contributed by atoms with Crippen LogP contribution in [0, 0.1) is 0 Å². The SMILES string of the molecule is CCCC(Oc1ccc2c(c1)[C@@H](N)CCC2)C(=O)OCC. The minimum atomic E-state index is -0.534. The molecule has 0 heterocycles. The Labute approximate surface area is 126 Å². The zero-order valence-electron chi connectivity index (χ0n) is 12.9. The van der Waals surface area contributed by atoms with Crippen LogP contribution in [0.25, 0.3) is 0 Å². The fourth-order valence-electron chi connectivity index (χ4n) is 2.77. The fraction of sp³-hybridized carbons (Fsp3) is 0.588. The van der Waals surface area contributed by atoms with Crippen molar-refractivity contribution in [3.05, 3.63) is 29.3 Å². The highest BCUT2D eigenvalue weighted by Gasteiger charge is 2.22. The molecule has 0 amide bonds. The van der Waals surface area contributed by atoms with Crippen LogP contribution in [0.1, 0.15) is 56.7 Å². The molecule has 4 nitrogen and oxygen atoms in total. The third-order valence-electron chi connectivity index (χ3n) is 3.86. The van der Waals surface area contributed by atoms with Crippen molar-refractivity contribution in [2.45, 2.75) is 58.1 Å². The van der Waals surface area contributed by atoms with Crippen LogP contribution in [-0.4, -0.2) is 18.7 Å². The molecule has 21 heavy (non-hydrogen) atoms. The van der Waals surface area contributed by atoms with Crippen LogP contribution in [0.15, 0.2) is 18.2 Å². The van der Waals surface area contributed by atoms with E-state index in [0.29, 0.717) is 18.8 Å². The average Bonchev–Trinajstić information content (AvgIpc) is 2.48. The summed E-state index contributed by atoms with van der Waals surface area (Å²) in [5, 5.41) is 0. The Morgan fingerprint density at radius 2 is 2.24 bits per heavy atom. The summed E-state index contributed by atoms with van der Waals surface area (Å²) in [7, 11) is 0. The minimum Gasteiger partial charge on any atom is -0.479 e. The molecule has 0 radical (unpaired) electrons. The lowest BCUT2D eigenvalue weighted by Gasteiger charge is -2.24. The zero-order valence-corrected chi connectivity index (χ0v) is 12.9. The zero-order chi connectivity index (χ0) is 15.2. The maximum Gasteiger partial charge on any atom is 0.347 e. The van der Waals surface area contributed by atoms with Crippen molar-refractivity contribution in [1.29, 1.82) is 0 Å². The van der Waals surface area contributed by atoms with Crippen LogP contribution < -0.4 is 10.5 Å². The second kappa shape index (κ2) is 7.46. The highest BCUT2D eigenvalue weighted by molar-refractivity contribution is 5.75. The van der Waals surface area contributed by atoms with Gasteiger partial charge in [0.05, 0.1) is 6.61 Å². The van der Waals surface area contributed by atoms with Crippen LogP contribution in [0.5, 0.6) is 5.75 Å². The van der Waals surface area contributed by atoms with Gasteiger partial charge in [-0.15, -0.1) is 0 Å². The first-order valence-electron chi connectivity index (χ1n) is 7.87. The molecule has 1 aromatic carbocycles. The number of rotatable bonds is 6. The van der Waals surface area contributed by atoms with Crippen molar-refractivity contribution in [1.82, 2.24) is 0 Å². The molecule has 0 saturated carbocycles. The normalized spacial score (nSPS) is 18.7. The van der Waals surface area contributed by atoms with Gasteiger partial charge in [0, 0.05) is 6.04 Å². The monoisotopic (exact) mass is 291 g/mol. The van der Waals surface area contributed by atoms with Crippen molar-refractivity contribution in [3.8, 4) is 5.75 Å². The molecular weight excluding hydrogens is 266 g/mol. The van der Waals surface area contributed by atoms with Crippen LogP contribution >= 0.6 is 0 Å². The van der Waals surface area contributed by atoms with E-state index < -0.39 is 6.10 Å². The molecule has 1 aromatic rings. The largest absolute Gasteiger partial charge is 0.479 e. The van der Waals surface area contributed by atoms with E-state index in [-0.39, 0.29) is 12.0 Å². The number of esters is 1. The predicted octanol–water partition coefficient (Wildman–Crippen LogP) is 3.13. The molecule has 0 aliphatic heterocycles. The molecule has 2 atom stereocenters. The first-order valence-corrected chi connectivity index (χ1v) is 7.87. The highest BCUT2D eigenvalue weighted by Crippen LogP contribution is 2.31. The van der Waals surface area contributed by atoms with Crippen molar-refractivity contribution in [3.63, 3.8) is 0 Å². The van der Waals surface area contributed by atoms with Gasteiger partial charge in [-0.25, -0.2) is 4.79 Å². The summed E-state index contributed by atoms with van der Waals surface area (Å²) in [6.07, 6.45) is 4.20. The maximum atomic E-state index is 11.9. The quantitative estimate of drug-likeness (QED) is 0.818. The Morgan fingerprint density at radius 1 is 1.43 bits per heavy atom. The molecule has 0 aromatic heterocycles. The van der Waals surface area contributed by atoms with E-state index in [1.54, 1.807) is 6.92 Å². The van der Waals surface area contributed by atoms with Crippen LogP contribution in [0.2, 0.25) is 0 Å². The topological polar surface area (TPSA) is 61.5 Å². The number of benzene rings is 1. The third kappa shape index (κ3) is 3.97. The smallest absolute Gasteiger partial charge is 0.347 e. The summed E-state index contributed by atoms with van der Waals surface area (Å²) < 4.78 is 10.9. The van der Waals surface area contributed by atoms with E-state index >= 15 is 0 Å². The molecule has 0 fully saturated rings.